The van der Waals surface area contributed by atoms with Gasteiger partial charge in [-0.05, 0) is 32.9 Å². The van der Waals surface area contributed by atoms with Crippen LogP contribution in [0.25, 0.3) is 0 Å². The van der Waals surface area contributed by atoms with E-state index >= 15 is 0 Å². The van der Waals surface area contributed by atoms with Gasteiger partial charge in [0.25, 0.3) is 0 Å². The normalized spacial score (nSPS) is 12.6. The predicted octanol–water partition coefficient (Wildman–Crippen LogP) is 1.66. The number of hydrogen-bond donors (Lipinski definition) is 1. The Balaban J connectivity index is 2.46. The predicted molar refractivity (Wildman–Crippen MR) is 77.4 cm³/mol. The van der Waals surface area contributed by atoms with E-state index in [1.54, 1.807) is 0 Å². The van der Waals surface area contributed by atoms with Crippen LogP contribution >= 0.6 is 0 Å². The van der Waals surface area contributed by atoms with Crippen molar-refractivity contribution >= 4 is 0 Å². The minimum absolute atomic E-state index is 0.0423. The molecule has 0 aliphatic rings. The minimum Gasteiger partial charge on any atom is -0.308 e. The average Bonchev–Trinajstić information content (AvgIpc) is 2.89. The lowest BCUT2D eigenvalue weighted by molar-refractivity contribution is 0.520. The highest BCUT2D eigenvalue weighted by molar-refractivity contribution is 5.31. The van der Waals surface area contributed by atoms with Crippen LogP contribution in [-0.2, 0) is 13.0 Å². The summed E-state index contributed by atoms with van der Waals surface area (Å²) in [4.78, 5) is 0. The zero-order chi connectivity index (χ0) is 14.5. The highest BCUT2D eigenvalue weighted by Crippen LogP contribution is 2.24. The lowest BCUT2D eigenvalue weighted by atomic mass is 10.0. The Morgan fingerprint density at radius 1 is 1.30 bits per heavy atom. The maximum absolute atomic E-state index is 4.31. The van der Waals surface area contributed by atoms with Crippen molar-refractivity contribution in [1.82, 2.24) is 30.5 Å². The lowest BCUT2D eigenvalue weighted by Gasteiger charge is -2.19. The Morgan fingerprint density at radius 3 is 2.75 bits per heavy atom. The SMILES string of the molecule is CCCn1nncc1C(NC)c1cc(C)nnc1CC. The molecule has 0 aliphatic carbocycles. The molecule has 6 heteroatoms. The van der Waals surface area contributed by atoms with Crippen LogP contribution < -0.4 is 5.32 Å². The first-order chi connectivity index (χ1) is 9.71. The summed E-state index contributed by atoms with van der Waals surface area (Å²) < 4.78 is 1.95. The number of hydrogen-bond acceptors (Lipinski definition) is 5. The smallest absolute Gasteiger partial charge is 0.0802 e. The molecule has 1 unspecified atom stereocenters. The molecule has 1 N–H and O–H groups in total. The van der Waals surface area contributed by atoms with Crippen molar-refractivity contribution in [2.75, 3.05) is 7.05 Å². The summed E-state index contributed by atoms with van der Waals surface area (Å²) in [5.41, 5.74) is 4.16. The molecular formula is C14H22N6. The molecular weight excluding hydrogens is 252 g/mol. The average molecular weight is 274 g/mol. The Bertz CT molecular complexity index is 563. The molecule has 2 heterocycles. The third kappa shape index (κ3) is 2.85. The lowest BCUT2D eigenvalue weighted by Crippen LogP contribution is -2.23. The summed E-state index contributed by atoms with van der Waals surface area (Å²) in [5.74, 6) is 0. The quantitative estimate of drug-likeness (QED) is 0.867. The summed E-state index contributed by atoms with van der Waals surface area (Å²) in [6.07, 6.45) is 3.71. The summed E-state index contributed by atoms with van der Waals surface area (Å²) in [6, 6.07) is 2.14. The van der Waals surface area contributed by atoms with Gasteiger partial charge in [0.1, 0.15) is 0 Å². The molecule has 0 aromatic carbocycles. The molecule has 0 bridgehead atoms. The van der Waals surface area contributed by atoms with E-state index in [2.05, 4.69) is 45.7 Å². The zero-order valence-corrected chi connectivity index (χ0v) is 12.6. The van der Waals surface area contributed by atoms with Gasteiger partial charge < -0.3 is 5.32 Å². The molecule has 0 saturated heterocycles. The third-order valence-electron chi connectivity index (χ3n) is 3.34. The van der Waals surface area contributed by atoms with Gasteiger partial charge in [-0.3, -0.25) is 0 Å². The second-order valence-corrected chi connectivity index (χ2v) is 4.85. The van der Waals surface area contributed by atoms with Gasteiger partial charge in [0.05, 0.1) is 29.3 Å². The molecule has 20 heavy (non-hydrogen) atoms. The highest BCUT2D eigenvalue weighted by Gasteiger charge is 2.21. The van der Waals surface area contributed by atoms with Crippen LogP contribution in [-0.4, -0.2) is 32.2 Å². The number of nitrogens with one attached hydrogen (secondary N) is 1. The molecule has 0 fully saturated rings. The maximum atomic E-state index is 4.31. The molecule has 2 rings (SSSR count). The minimum atomic E-state index is 0.0423. The number of aryl methyl sites for hydroxylation is 3. The van der Waals surface area contributed by atoms with Crippen LogP contribution in [0.3, 0.4) is 0 Å². The monoisotopic (exact) mass is 274 g/mol. The first-order valence-electron chi connectivity index (χ1n) is 7.10. The second kappa shape index (κ2) is 6.56. The largest absolute Gasteiger partial charge is 0.308 e. The van der Waals surface area contributed by atoms with Crippen molar-refractivity contribution in [3.05, 3.63) is 34.9 Å². The Hall–Kier alpha value is -1.82. The number of rotatable bonds is 6. The maximum Gasteiger partial charge on any atom is 0.0802 e. The fraction of sp³-hybridized carbons (Fsp3) is 0.571. The van der Waals surface area contributed by atoms with Crippen LogP contribution in [0.15, 0.2) is 12.3 Å². The van der Waals surface area contributed by atoms with E-state index < -0.39 is 0 Å². The van der Waals surface area contributed by atoms with Gasteiger partial charge in [0.15, 0.2) is 0 Å². The summed E-state index contributed by atoms with van der Waals surface area (Å²) in [5, 5.41) is 20.0. The molecule has 0 amide bonds. The molecule has 0 saturated carbocycles. The van der Waals surface area contributed by atoms with Crippen LogP contribution in [0, 0.1) is 6.92 Å². The van der Waals surface area contributed by atoms with Crippen LogP contribution in [0.1, 0.15) is 49.0 Å². The molecule has 6 nitrogen and oxygen atoms in total. The molecule has 2 aromatic heterocycles. The van der Waals surface area contributed by atoms with Crippen molar-refractivity contribution in [2.24, 2.45) is 0 Å². The summed E-state index contributed by atoms with van der Waals surface area (Å²) >= 11 is 0. The van der Waals surface area contributed by atoms with Crippen molar-refractivity contribution in [2.45, 2.75) is 46.2 Å². The van der Waals surface area contributed by atoms with E-state index in [1.165, 1.54) is 0 Å². The van der Waals surface area contributed by atoms with Gasteiger partial charge in [-0.2, -0.15) is 10.2 Å². The van der Waals surface area contributed by atoms with Gasteiger partial charge in [-0.1, -0.05) is 19.1 Å². The molecule has 2 aromatic rings. The molecule has 0 aliphatic heterocycles. The molecule has 1 atom stereocenters. The topological polar surface area (TPSA) is 68.5 Å². The fourth-order valence-electron chi connectivity index (χ4n) is 2.40. The van der Waals surface area contributed by atoms with Gasteiger partial charge in [-0.25, -0.2) is 4.68 Å². The van der Waals surface area contributed by atoms with E-state index in [1.807, 2.05) is 24.9 Å². The molecule has 108 valence electrons. The fourth-order valence-corrected chi connectivity index (χ4v) is 2.40. The summed E-state index contributed by atoms with van der Waals surface area (Å²) in [6.45, 7) is 7.06. The first-order valence-corrected chi connectivity index (χ1v) is 7.10. The second-order valence-electron chi connectivity index (χ2n) is 4.85. The Kier molecular flexibility index (Phi) is 4.79. The van der Waals surface area contributed by atoms with Crippen molar-refractivity contribution in [3.8, 4) is 0 Å². The van der Waals surface area contributed by atoms with Gasteiger partial charge >= 0.3 is 0 Å². The van der Waals surface area contributed by atoms with E-state index in [4.69, 9.17) is 0 Å². The van der Waals surface area contributed by atoms with Crippen molar-refractivity contribution in [1.29, 1.82) is 0 Å². The van der Waals surface area contributed by atoms with Crippen LogP contribution in [0.4, 0.5) is 0 Å². The number of nitrogens with zero attached hydrogens (tertiary/aromatic N) is 5. The third-order valence-corrected chi connectivity index (χ3v) is 3.34. The van der Waals surface area contributed by atoms with Crippen LogP contribution in [0.2, 0.25) is 0 Å². The van der Waals surface area contributed by atoms with Gasteiger partial charge in [0, 0.05) is 12.1 Å². The number of aromatic nitrogens is 5. The zero-order valence-electron chi connectivity index (χ0n) is 12.6. The highest BCUT2D eigenvalue weighted by atomic mass is 15.4. The molecule has 0 radical (unpaired) electrons. The van der Waals surface area contributed by atoms with E-state index in [-0.39, 0.29) is 6.04 Å². The Labute approximate surface area is 119 Å². The van der Waals surface area contributed by atoms with E-state index in [9.17, 15) is 0 Å². The van der Waals surface area contributed by atoms with E-state index in [0.717, 1.165) is 42.0 Å². The standard InChI is InChI=1S/C14H22N6/c1-5-7-20-13(9-16-19-20)14(15-4)11-8-10(3)17-18-12(11)6-2/h8-9,14-15H,5-7H2,1-4H3. The first kappa shape index (κ1) is 14.6. The van der Waals surface area contributed by atoms with E-state index in [0.29, 0.717) is 0 Å². The van der Waals surface area contributed by atoms with Gasteiger partial charge in [-0.15, -0.1) is 5.10 Å². The molecule has 0 spiro atoms. The van der Waals surface area contributed by atoms with Crippen molar-refractivity contribution in [3.63, 3.8) is 0 Å². The van der Waals surface area contributed by atoms with Crippen molar-refractivity contribution < 1.29 is 0 Å². The van der Waals surface area contributed by atoms with Crippen LogP contribution in [0.5, 0.6) is 0 Å². The summed E-state index contributed by atoms with van der Waals surface area (Å²) in [7, 11) is 1.95. The Morgan fingerprint density at radius 2 is 2.10 bits per heavy atom. The van der Waals surface area contributed by atoms with Gasteiger partial charge in [0.2, 0.25) is 0 Å².